The topological polar surface area (TPSA) is 90.0 Å². The number of halogens is 3. The van der Waals surface area contributed by atoms with Crippen LogP contribution in [0.4, 0.5) is 35.3 Å². The zero-order valence-corrected chi connectivity index (χ0v) is 21.1. The minimum absolute atomic E-state index is 0.0420. The number of hydrogen-bond donors (Lipinski definition) is 3. The third kappa shape index (κ3) is 7.26. The van der Waals surface area contributed by atoms with Crippen LogP contribution in [0.1, 0.15) is 25.3 Å². The molecule has 2 atom stereocenters. The molecule has 37 heavy (non-hydrogen) atoms. The Balaban J connectivity index is 1.55. The molecule has 202 valence electrons. The van der Waals surface area contributed by atoms with Crippen molar-refractivity contribution in [1.82, 2.24) is 9.88 Å². The van der Waals surface area contributed by atoms with Crippen LogP contribution in [0.3, 0.4) is 0 Å². The Labute approximate surface area is 214 Å². The van der Waals surface area contributed by atoms with Gasteiger partial charge in [0.1, 0.15) is 11.6 Å². The SMILES string of the molecule is Cc1ccc(NC(=O)N2CC[C@@H](CC(F)(F)F)C2)cc1-c1cc(N[C@H](C)CO)nc(N2CCOCC2)c1. The second-order valence-corrected chi connectivity index (χ2v) is 9.81. The van der Waals surface area contributed by atoms with Crippen molar-refractivity contribution in [3.05, 3.63) is 35.9 Å². The highest BCUT2D eigenvalue weighted by atomic mass is 19.4. The molecule has 2 amide bonds. The number of pyridine rings is 1. The summed E-state index contributed by atoms with van der Waals surface area (Å²) in [7, 11) is 0. The molecule has 11 heteroatoms. The van der Waals surface area contributed by atoms with Crippen LogP contribution in [0.25, 0.3) is 11.1 Å². The van der Waals surface area contributed by atoms with Crippen LogP contribution >= 0.6 is 0 Å². The van der Waals surface area contributed by atoms with E-state index in [0.717, 1.165) is 22.5 Å². The molecule has 3 N–H and O–H groups in total. The van der Waals surface area contributed by atoms with Gasteiger partial charge in [-0.3, -0.25) is 0 Å². The number of nitrogens with zero attached hydrogens (tertiary/aromatic N) is 3. The number of benzene rings is 1. The van der Waals surface area contributed by atoms with Gasteiger partial charge < -0.3 is 30.3 Å². The standard InChI is InChI=1S/C26H34F3N5O3/c1-17-3-4-21(31-25(36)34-6-5-19(15-34)14-26(27,28)29)13-22(17)20-11-23(30-18(2)16-35)32-24(12-20)33-7-9-37-10-8-33/h3-4,11-13,18-19,35H,5-10,14-16H2,1-2H3,(H,30,32)(H,31,36)/t18-,19+/m1/s1. The lowest BCUT2D eigenvalue weighted by atomic mass is 10.00. The fourth-order valence-corrected chi connectivity index (χ4v) is 4.72. The minimum atomic E-state index is -4.23. The van der Waals surface area contributed by atoms with Crippen LogP contribution in [0.2, 0.25) is 0 Å². The van der Waals surface area contributed by atoms with Crippen LogP contribution in [-0.4, -0.2) is 79.2 Å². The van der Waals surface area contributed by atoms with Crippen LogP contribution in [0, 0.1) is 12.8 Å². The highest BCUT2D eigenvalue weighted by molar-refractivity contribution is 5.91. The first-order chi connectivity index (χ1) is 17.6. The van der Waals surface area contributed by atoms with Crippen molar-refractivity contribution in [3.8, 4) is 11.1 Å². The maximum absolute atomic E-state index is 12.8. The molecule has 3 heterocycles. The van der Waals surface area contributed by atoms with Crippen molar-refractivity contribution >= 4 is 23.4 Å². The Hall–Kier alpha value is -3.05. The highest BCUT2D eigenvalue weighted by Crippen LogP contribution is 2.33. The normalized spacial score (nSPS) is 19.1. The fraction of sp³-hybridized carbons (Fsp3) is 0.538. The first-order valence-electron chi connectivity index (χ1n) is 12.6. The predicted molar refractivity (Wildman–Crippen MR) is 137 cm³/mol. The Morgan fingerprint density at radius 3 is 2.68 bits per heavy atom. The Morgan fingerprint density at radius 2 is 1.97 bits per heavy atom. The summed E-state index contributed by atoms with van der Waals surface area (Å²) in [6.07, 6.45) is -4.75. The van der Waals surface area contributed by atoms with Gasteiger partial charge in [-0.1, -0.05) is 6.07 Å². The Morgan fingerprint density at radius 1 is 1.22 bits per heavy atom. The number of aliphatic hydroxyl groups is 1. The van der Waals surface area contributed by atoms with E-state index in [1.807, 2.05) is 38.1 Å². The summed E-state index contributed by atoms with van der Waals surface area (Å²) in [4.78, 5) is 21.1. The smallest absolute Gasteiger partial charge is 0.389 e. The third-order valence-corrected chi connectivity index (χ3v) is 6.71. The van der Waals surface area contributed by atoms with E-state index < -0.39 is 24.5 Å². The molecule has 0 radical (unpaired) electrons. The monoisotopic (exact) mass is 521 g/mol. The molecule has 2 fully saturated rings. The number of aliphatic hydroxyl groups excluding tert-OH is 1. The quantitative estimate of drug-likeness (QED) is 0.498. The number of morpholine rings is 1. The molecular weight excluding hydrogens is 487 g/mol. The van der Waals surface area contributed by atoms with Gasteiger partial charge in [0, 0.05) is 44.3 Å². The third-order valence-electron chi connectivity index (χ3n) is 6.71. The number of carbonyl (C=O) groups excluding carboxylic acids is 1. The molecular formula is C26H34F3N5O3. The molecule has 8 nitrogen and oxygen atoms in total. The molecule has 2 aliphatic heterocycles. The Bertz CT molecular complexity index is 1090. The summed E-state index contributed by atoms with van der Waals surface area (Å²) in [5, 5.41) is 15.6. The van der Waals surface area contributed by atoms with Crippen molar-refractivity contribution in [1.29, 1.82) is 0 Å². The van der Waals surface area contributed by atoms with Crippen molar-refractivity contribution in [2.45, 2.75) is 38.9 Å². The molecule has 0 saturated carbocycles. The van der Waals surface area contributed by atoms with Crippen molar-refractivity contribution < 1.29 is 27.8 Å². The van der Waals surface area contributed by atoms with Crippen molar-refractivity contribution in [2.24, 2.45) is 5.92 Å². The van der Waals surface area contributed by atoms with Crippen LogP contribution < -0.4 is 15.5 Å². The molecule has 2 aliphatic rings. The second kappa shape index (κ2) is 11.6. The summed E-state index contributed by atoms with van der Waals surface area (Å²) in [6, 6.07) is 8.88. The number of carbonyl (C=O) groups is 1. The molecule has 2 saturated heterocycles. The number of amides is 2. The number of aromatic nitrogens is 1. The van der Waals surface area contributed by atoms with E-state index >= 15 is 0 Å². The average molecular weight is 522 g/mol. The molecule has 0 unspecified atom stereocenters. The van der Waals surface area contributed by atoms with Gasteiger partial charge in [0.15, 0.2) is 0 Å². The molecule has 0 spiro atoms. The first kappa shape index (κ1) is 27.0. The van der Waals surface area contributed by atoms with Crippen molar-refractivity contribution in [2.75, 3.05) is 61.5 Å². The largest absolute Gasteiger partial charge is 0.394 e. The van der Waals surface area contributed by atoms with E-state index in [0.29, 0.717) is 50.8 Å². The predicted octanol–water partition coefficient (Wildman–Crippen LogP) is 4.49. The average Bonchev–Trinajstić information content (AvgIpc) is 3.32. The number of likely N-dealkylation sites (tertiary alicyclic amines) is 1. The summed E-state index contributed by atoms with van der Waals surface area (Å²) in [5.74, 6) is 0.846. The fourth-order valence-electron chi connectivity index (χ4n) is 4.72. The number of ether oxygens (including phenoxy) is 1. The molecule has 4 rings (SSSR count). The lowest BCUT2D eigenvalue weighted by Gasteiger charge is -2.29. The summed E-state index contributed by atoms with van der Waals surface area (Å²) in [6.45, 7) is 6.84. The Kier molecular flexibility index (Phi) is 8.43. The number of nitrogens with one attached hydrogen (secondary N) is 2. The van der Waals surface area contributed by atoms with E-state index in [2.05, 4.69) is 15.5 Å². The number of aryl methyl sites for hydroxylation is 1. The highest BCUT2D eigenvalue weighted by Gasteiger charge is 2.36. The molecule has 2 aromatic rings. The van der Waals surface area contributed by atoms with Gasteiger partial charge >= 0.3 is 12.2 Å². The molecule has 0 aliphatic carbocycles. The van der Waals surface area contributed by atoms with Crippen LogP contribution in [0.5, 0.6) is 0 Å². The lowest BCUT2D eigenvalue weighted by molar-refractivity contribution is -0.143. The summed E-state index contributed by atoms with van der Waals surface area (Å²) < 4.78 is 43.7. The van der Waals surface area contributed by atoms with E-state index in [4.69, 9.17) is 9.72 Å². The summed E-state index contributed by atoms with van der Waals surface area (Å²) in [5.41, 5.74) is 3.34. The van der Waals surface area contributed by atoms with E-state index in [1.165, 1.54) is 4.90 Å². The van der Waals surface area contributed by atoms with Gasteiger partial charge in [0.05, 0.1) is 19.8 Å². The molecule has 1 aromatic carbocycles. The van der Waals surface area contributed by atoms with Crippen LogP contribution in [-0.2, 0) is 4.74 Å². The number of anilines is 3. The van der Waals surface area contributed by atoms with Crippen LogP contribution in [0.15, 0.2) is 30.3 Å². The van der Waals surface area contributed by atoms with E-state index in [1.54, 1.807) is 6.07 Å². The maximum atomic E-state index is 12.8. The molecule has 1 aromatic heterocycles. The van der Waals surface area contributed by atoms with E-state index in [9.17, 15) is 23.1 Å². The van der Waals surface area contributed by atoms with Gasteiger partial charge in [-0.05, 0) is 67.1 Å². The van der Waals surface area contributed by atoms with Gasteiger partial charge in [-0.25, -0.2) is 9.78 Å². The van der Waals surface area contributed by atoms with Gasteiger partial charge in [-0.15, -0.1) is 0 Å². The van der Waals surface area contributed by atoms with E-state index in [-0.39, 0.29) is 19.2 Å². The lowest BCUT2D eigenvalue weighted by Crippen LogP contribution is -2.37. The van der Waals surface area contributed by atoms with Crippen molar-refractivity contribution in [3.63, 3.8) is 0 Å². The zero-order chi connectivity index (χ0) is 26.6. The molecule has 0 bridgehead atoms. The number of urea groups is 1. The number of alkyl halides is 3. The van der Waals surface area contributed by atoms with Gasteiger partial charge in [-0.2, -0.15) is 13.2 Å². The maximum Gasteiger partial charge on any atom is 0.389 e. The van der Waals surface area contributed by atoms with Gasteiger partial charge in [0.2, 0.25) is 0 Å². The number of hydrogen-bond acceptors (Lipinski definition) is 6. The second-order valence-electron chi connectivity index (χ2n) is 9.81. The van der Waals surface area contributed by atoms with Gasteiger partial charge in [0.25, 0.3) is 0 Å². The summed E-state index contributed by atoms with van der Waals surface area (Å²) >= 11 is 0. The minimum Gasteiger partial charge on any atom is -0.394 e. The first-order valence-corrected chi connectivity index (χ1v) is 12.6. The zero-order valence-electron chi connectivity index (χ0n) is 21.1. The number of rotatable bonds is 7.